The quantitative estimate of drug-likeness (QED) is 0.546. The highest BCUT2D eigenvalue weighted by atomic mass is 35.5. The molecular formula is C21H20ClNO6. The molecule has 3 rings (SSSR count). The van der Waals surface area contributed by atoms with Crippen molar-refractivity contribution in [2.45, 2.75) is 25.9 Å². The van der Waals surface area contributed by atoms with Crippen molar-refractivity contribution in [1.29, 1.82) is 0 Å². The van der Waals surface area contributed by atoms with Crippen molar-refractivity contribution >= 4 is 34.9 Å². The second-order valence-electron chi connectivity index (χ2n) is 6.41. The van der Waals surface area contributed by atoms with E-state index in [4.69, 9.17) is 25.8 Å². The summed E-state index contributed by atoms with van der Waals surface area (Å²) in [5, 5.41) is 3.19. The molecule has 8 heteroatoms. The van der Waals surface area contributed by atoms with Gasteiger partial charge in [-0.3, -0.25) is 14.4 Å². The molecule has 0 aromatic heterocycles. The lowest BCUT2D eigenvalue weighted by molar-refractivity contribution is -0.153. The number of fused-ring (bicyclic) bond motifs is 1. The standard InChI is InChI=1S/C21H20ClNO6/c1-13(21(26)23-16-6-8-18-19(12-16)28-11-10-27-18)29-20(25)9-7-17(24)14-2-4-15(22)5-3-14/h2-6,8,12-13H,7,9-11H2,1H3,(H,23,26)/t13-/m1/s1. The minimum absolute atomic E-state index is 0.0169. The molecule has 2 aromatic carbocycles. The van der Waals surface area contributed by atoms with Gasteiger partial charge in [0.2, 0.25) is 0 Å². The average molecular weight is 418 g/mol. The third-order valence-corrected chi connectivity index (χ3v) is 4.46. The Hall–Kier alpha value is -3.06. The van der Waals surface area contributed by atoms with Gasteiger partial charge >= 0.3 is 5.97 Å². The summed E-state index contributed by atoms with van der Waals surface area (Å²) in [4.78, 5) is 36.3. The first-order valence-electron chi connectivity index (χ1n) is 9.11. The maximum absolute atomic E-state index is 12.3. The van der Waals surface area contributed by atoms with Gasteiger partial charge in [-0.15, -0.1) is 0 Å². The van der Waals surface area contributed by atoms with E-state index >= 15 is 0 Å². The van der Waals surface area contributed by atoms with Crippen LogP contribution >= 0.6 is 11.6 Å². The number of ketones is 1. The Kier molecular flexibility index (Phi) is 6.72. The van der Waals surface area contributed by atoms with E-state index in [1.807, 2.05) is 0 Å². The van der Waals surface area contributed by atoms with Crippen LogP contribution in [0.15, 0.2) is 42.5 Å². The number of rotatable bonds is 7. The zero-order valence-electron chi connectivity index (χ0n) is 15.8. The Morgan fingerprint density at radius 2 is 1.72 bits per heavy atom. The zero-order chi connectivity index (χ0) is 20.8. The molecule has 0 saturated carbocycles. The largest absolute Gasteiger partial charge is 0.486 e. The predicted octanol–water partition coefficient (Wildman–Crippen LogP) is 3.64. The number of nitrogens with one attached hydrogen (secondary N) is 1. The molecule has 2 aromatic rings. The van der Waals surface area contributed by atoms with E-state index in [1.54, 1.807) is 42.5 Å². The zero-order valence-corrected chi connectivity index (χ0v) is 16.5. The van der Waals surface area contributed by atoms with E-state index in [-0.39, 0.29) is 18.6 Å². The lowest BCUT2D eigenvalue weighted by Gasteiger charge is -2.19. The number of hydrogen-bond acceptors (Lipinski definition) is 6. The molecule has 0 unspecified atom stereocenters. The van der Waals surface area contributed by atoms with Gasteiger partial charge in [-0.1, -0.05) is 11.6 Å². The second kappa shape index (κ2) is 9.43. The number of esters is 1. The molecule has 1 aliphatic heterocycles. The highest BCUT2D eigenvalue weighted by molar-refractivity contribution is 6.30. The van der Waals surface area contributed by atoms with Crippen LogP contribution in [0.5, 0.6) is 11.5 Å². The van der Waals surface area contributed by atoms with Gasteiger partial charge in [-0.05, 0) is 43.3 Å². The number of carbonyl (C=O) groups excluding carboxylic acids is 3. The third-order valence-electron chi connectivity index (χ3n) is 4.21. The Morgan fingerprint density at radius 1 is 1.03 bits per heavy atom. The average Bonchev–Trinajstić information content (AvgIpc) is 2.72. The summed E-state index contributed by atoms with van der Waals surface area (Å²) < 4.78 is 16.0. The molecule has 1 heterocycles. The van der Waals surface area contributed by atoms with Crippen molar-refractivity contribution in [3.63, 3.8) is 0 Å². The Labute approximate surface area is 172 Å². The number of hydrogen-bond donors (Lipinski definition) is 1. The van der Waals surface area contributed by atoms with Crippen molar-refractivity contribution in [1.82, 2.24) is 0 Å². The van der Waals surface area contributed by atoms with E-state index in [0.29, 0.717) is 41.0 Å². The van der Waals surface area contributed by atoms with E-state index in [9.17, 15) is 14.4 Å². The number of benzene rings is 2. The minimum atomic E-state index is -1.01. The van der Waals surface area contributed by atoms with Gasteiger partial charge in [-0.2, -0.15) is 0 Å². The predicted molar refractivity (Wildman–Crippen MR) is 107 cm³/mol. The number of Topliss-reactive ketones (excluding diaryl/α,β-unsaturated/α-hetero) is 1. The lowest BCUT2D eigenvalue weighted by atomic mass is 10.1. The molecule has 29 heavy (non-hydrogen) atoms. The first-order valence-corrected chi connectivity index (χ1v) is 9.49. The fourth-order valence-electron chi connectivity index (χ4n) is 2.67. The Morgan fingerprint density at radius 3 is 2.45 bits per heavy atom. The van der Waals surface area contributed by atoms with Crippen LogP contribution in [0, 0.1) is 0 Å². The molecule has 0 fully saturated rings. The highest BCUT2D eigenvalue weighted by Crippen LogP contribution is 2.32. The molecule has 1 atom stereocenters. The van der Waals surface area contributed by atoms with Gasteiger partial charge in [0, 0.05) is 28.8 Å². The lowest BCUT2D eigenvalue weighted by Crippen LogP contribution is -2.30. The van der Waals surface area contributed by atoms with Crippen LogP contribution < -0.4 is 14.8 Å². The molecule has 1 aliphatic rings. The molecule has 152 valence electrons. The molecule has 0 aliphatic carbocycles. The Bertz CT molecular complexity index is 912. The number of halogens is 1. The smallest absolute Gasteiger partial charge is 0.307 e. The number of amides is 1. The summed E-state index contributed by atoms with van der Waals surface area (Å²) in [7, 11) is 0. The first kappa shape index (κ1) is 20.7. The van der Waals surface area contributed by atoms with Crippen LogP contribution in [0.25, 0.3) is 0 Å². The van der Waals surface area contributed by atoms with Gasteiger partial charge in [0.1, 0.15) is 13.2 Å². The monoisotopic (exact) mass is 417 g/mol. The highest BCUT2D eigenvalue weighted by Gasteiger charge is 2.20. The molecule has 1 amide bonds. The second-order valence-corrected chi connectivity index (χ2v) is 6.85. The molecular weight excluding hydrogens is 398 g/mol. The first-order chi connectivity index (χ1) is 13.9. The summed E-state index contributed by atoms with van der Waals surface area (Å²) in [6.45, 7) is 2.38. The third kappa shape index (κ3) is 5.71. The van der Waals surface area contributed by atoms with Crippen LogP contribution in [-0.4, -0.2) is 37.0 Å². The summed E-state index contributed by atoms with van der Waals surface area (Å²) in [5.74, 6) is -0.165. The maximum Gasteiger partial charge on any atom is 0.307 e. The summed E-state index contributed by atoms with van der Waals surface area (Å²) in [5.41, 5.74) is 0.965. The molecule has 0 spiro atoms. The summed E-state index contributed by atoms with van der Waals surface area (Å²) in [6.07, 6.45) is -1.15. The molecule has 0 radical (unpaired) electrons. The van der Waals surface area contributed by atoms with Crippen LogP contribution in [0.4, 0.5) is 5.69 Å². The van der Waals surface area contributed by atoms with E-state index in [0.717, 1.165) is 0 Å². The molecule has 0 saturated heterocycles. The normalized spacial score (nSPS) is 13.3. The van der Waals surface area contributed by atoms with E-state index < -0.39 is 18.0 Å². The molecule has 0 bridgehead atoms. The number of ether oxygens (including phenoxy) is 3. The van der Waals surface area contributed by atoms with Crippen molar-refractivity contribution < 1.29 is 28.6 Å². The summed E-state index contributed by atoms with van der Waals surface area (Å²) >= 11 is 5.79. The van der Waals surface area contributed by atoms with Gasteiger partial charge in [0.15, 0.2) is 23.4 Å². The van der Waals surface area contributed by atoms with E-state index in [2.05, 4.69) is 5.32 Å². The fourth-order valence-corrected chi connectivity index (χ4v) is 2.80. The maximum atomic E-state index is 12.3. The minimum Gasteiger partial charge on any atom is -0.486 e. The van der Waals surface area contributed by atoms with Crippen LogP contribution in [-0.2, 0) is 14.3 Å². The number of carbonyl (C=O) groups is 3. The van der Waals surface area contributed by atoms with Crippen LogP contribution in [0.1, 0.15) is 30.1 Å². The SMILES string of the molecule is C[C@@H](OC(=O)CCC(=O)c1ccc(Cl)cc1)C(=O)Nc1ccc2c(c1)OCCO2. The molecule has 7 nitrogen and oxygen atoms in total. The van der Waals surface area contributed by atoms with Gasteiger partial charge < -0.3 is 19.5 Å². The van der Waals surface area contributed by atoms with Crippen molar-refractivity contribution in [2.75, 3.05) is 18.5 Å². The van der Waals surface area contributed by atoms with E-state index in [1.165, 1.54) is 6.92 Å². The van der Waals surface area contributed by atoms with Gasteiger partial charge in [0.25, 0.3) is 5.91 Å². The van der Waals surface area contributed by atoms with Crippen molar-refractivity contribution in [3.8, 4) is 11.5 Å². The van der Waals surface area contributed by atoms with Crippen LogP contribution in [0.2, 0.25) is 5.02 Å². The van der Waals surface area contributed by atoms with Crippen molar-refractivity contribution in [2.24, 2.45) is 0 Å². The number of anilines is 1. The molecule has 1 N–H and O–H groups in total. The summed E-state index contributed by atoms with van der Waals surface area (Å²) in [6, 6.07) is 11.4. The topological polar surface area (TPSA) is 90.9 Å². The van der Waals surface area contributed by atoms with Crippen molar-refractivity contribution in [3.05, 3.63) is 53.1 Å². The van der Waals surface area contributed by atoms with Gasteiger partial charge in [0.05, 0.1) is 6.42 Å². The Balaban J connectivity index is 1.47. The fraction of sp³-hybridized carbons (Fsp3) is 0.286. The van der Waals surface area contributed by atoms with Gasteiger partial charge in [-0.25, -0.2) is 0 Å². The van der Waals surface area contributed by atoms with Crippen LogP contribution in [0.3, 0.4) is 0 Å².